The smallest absolute Gasteiger partial charge is 0.349 e. The van der Waals surface area contributed by atoms with Crippen molar-refractivity contribution in [2.24, 2.45) is 0 Å². The maximum Gasteiger partial charge on any atom is 0.417 e. The number of halogens is 4. The predicted octanol–water partition coefficient (Wildman–Crippen LogP) is 3.59. The van der Waals surface area contributed by atoms with Gasteiger partial charge in [-0.15, -0.1) is 0 Å². The summed E-state index contributed by atoms with van der Waals surface area (Å²) in [5.74, 6) is -0.636. The van der Waals surface area contributed by atoms with E-state index < -0.39 is 17.6 Å². The van der Waals surface area contributed by atoms with Crippen LogP contribution in [-0.4, -0.2) is 11.9 Å². The topological polar surface area (TPSA) is 29.1 Å². The van der Waals surface area contributed by atoms with Crippen LogP contribution in [0.1, 0.15) is 35.2 Å². The lowest BCUT2D eigenvalue weighted by Gasteiger charge is -2.27. The van der Waals surface area contributed by atoms with E-state index in [2.05, 4.69) is 5.32 Å². The van der Waals surface area contributed by atoms with Crippen molar-refractivity contribution in [2.45, 2.75) is 31.5 Å². The second-order valence-corrected chi connectivity index (χ2v) is 5.53. The summed E-state index contributed by atoms with van der Waals surface area (Å²) >= 11 is 1.80. The SMILES string of the molecule is O=C(NC1CCC1)c1ccc(I)cc1C(F)(F)F. The second kappa shape index (κ2) is 5.07. The molecule has 0 radical (unpaired) electrons. The Kier molecular flexibility index (Phi) is 3.84. The van der Waals surface area contributed by atoms with Crippen molar-refractivity contribution >= 4 is 28.5 Å². The Morgan fingerprint density at radius 3 is 2.50 bits per heavy atom. The third-order valence-electron chi connectivity index (χ3n) is 2.97. The number of amides is 1. The molecule has 98 valence electrons. The van der Waals surface area contributed by atoms with Crippen LogP contribution in [0.5, 0.6) is 0 Å². The van der Waals surface area contributed by atoms with E-state index in [1.165, 1.54) is 12.1 Å². The second-order valence-electron chi connectivity index (χ2n) is 4.29. The summed E-state index contributed by atoms with van der Waals surface area (Å²) in [5, 5.41) is 2.62. The maximum atomic E-state index is 12.8. The number of benzene rings is 1. The number of alkyl halides is 3. The molecule has 0 aliphatic heterocycles. The summed E-state index contributed by atoms with van der Waals surface area (Å²) in [7, 11) is 0. The van der Waals surface area contributed by atoms with Crippen LogP contribution >= 0.6 is 22.6 Å². The average molecular weight is 369 g/mol. The number of nitrogens with one attached hydrogen (secondary N) is 1. The predicted molar refractivity (Wildman–Crippen MR) is 69.3 cm³/mol. The molecule has 0 saturated heterocycles. The van der Waals surface area contributed by atoms with E-state index in [-0.39, 0.29) is 11.6 Å². The molecule has 1 aromatic carbocycles. The van der Waals surface area contributed by atoms with Gasteiger partial charge in [0.05, 0.1) is 11.1 Å². The standard InChI is InChI=1S/C12H11F3INO/c13-12(14,15)10-6-7(16)4-5-9(10)11(18)17-8-2-1-3-8/h4-6,8H,1-3H2,(H,17,18). The molecule has 2 rings (SSSR count). The lowest BCUT2D eigenvalue weighted by atomic mass is 9.92. The van der Waals surface area contributed by atoms with Crippen LogP contribution in [0.25, 0.3) is 0 Å². The minimum absolute atomic E-state index is 0.0258. The lowest BCUT2D eigenvalue weighted by Crippen LogP contribution is -2.40. The van der Waals surface area contributed by atoms with E-state index in [0.717, 1.165) is 25.3 Å². The van der Waals surface area contributed by atoms with Crippen molar-refractivity contribution in [3.63, 3.8) is 0 Å². The quantitative estimate of drug-likeness (QED) is 0.794. The molecule has 1 amide bonds. The van der Waals surface area contributed by atoms with Gasteiger partial charge in [0.15, 0.2) is 0 Å². The Balaban J connectivity index is 2.28. The largest absolute Gasteiger partial charge is 0.417 e. The van der Waals surface area contributed by atoms with Crippen LogP contribution in [0.15, 0.2) is 18.2 Å². The Morgan fingerprint density at radius 1 is 1.33 bits per heavy atom. The molecule has 1 saturated carbocycles. The normalized spacial score (nSPS) is 16.2. The molecule has 0 spiro atoms. The summed E-state index contributed by atoms with van der Waals surface area (Å²) in [6.45, 7) is 0. The van der Waals surface area contributed by atoms with Gasteiger partial charge in [0.2, 0.25) is 0 Å². The van der Waals surface area contributed by atoms with Gasteiger partial charge in [-0.2, -0.15) is 13.2 Å². The average Bonchev–Trinajstić information content (AvgIpc) is 2.22. The van der Waals surface area contributed by atoms with Gasteiger partial charge in [-0.1, -0.05) is 0 Å². The van der Waals surface area contributed by atoms with Crippen LogP contribution in [0.4, 0.5) is 13.2 Å². The third kappa shape index (κ3) is 2.96. The Labute approximate surface area is 116 Å². The molecule has 1 aliphatic rings. The van der Waals surface area contributed by atoms with Gasteiger partial charge in [0.1, 0.15) is 0 Å². The van der Waals surface area contributed by atoms with E-state index in [0.29, 0.717) is 3.57 Å². The molecule has 0 bridgehead atoms. The fourth-order valence-corrected chi connectivity index (χ4v) is 2.26. The maximum absolute atomic E-state index is 12.8. The minimum atomic E-state index is -4.51. The van der Waals surface area contributed by atoms with Gasteiger partial charge in [-0.25, -0.2) is 0 Å². The number of hydrogen-bond donors (Lipinski definition) is 1. The van der Waals surface area contributed by atoms with Crippen LogP contribution in [-0.2, 0) is 6.18 Å². The molecule has 2 nitrogen and oxygen atoms in total. The Morgan fingerprint density at radius 2 is 2.00 bits per heavy atom. The van der Waals surface area contributed by atoms with E-state index in [4.69, 9.17) is 0 Å². The van der Waals surface area contributed by atoms with Gasteiger partial charge in [0.25, 0.3) is 5.91 Å². The van der Waals surface area contributed by atoms with Crippen molar-refractivity contribution in [3.05, 3.63) is 32.9 Å². The highest BCUT2D eigenvalue weighted by Gasteiger charge is 2.36. The molecule has 1 N–H and O–H groups in total. The van der Waals surface area contributed by atoms with Crippen molar-refractivity contribution < 1.29 is 18.0 Å². The lowest BCUT2D eigenvalue weighted by molar-refractivity contribution is -0.138. The van der Waals surface area contributed by atoms with Crippen LogP contribution < -0.4 is 5.32 Å². The first-order valence-corrected chi connectivity index (χ1v) is 6.63. The first-order chi connectivity index (χ1) is 8.38. The summed E-state index contributed by atoms with van der Waals surface area (Å²) in [6.07, 6.45) is -1.80. The fraction of sp³-hybridized carbons (Fsp3) is 0.417. The molecule has 1 fully saturated rings. The van der Waals surface area contributed by atoms with Gasteiger partial charge >= 0.3 is 6.18 Å². The zero-order valence-corrected chi connectivity index (χ0v) is 11.5. The minimum Gasteiger partial charge on any atom is -0.349 e. The van der Waals surface area contributed by atoms with Crippen molar-refractivity contribution in [1.29, 1.82) is 0 Å². The van der Waals surface area contributed by atoms with Crippen LogP contribution in [0.3, 0.4) is 0 Å². The van der Waals surface area contributed by atoms with E-state index >= 15 is 0 Å². The first-order valence-electron chi connectivity index (χ1n) is 5.55. The van der Waals surface area contributed by atoms with E-state index in [1.807, 2.05) is 0 Å². The molecular formula is C12H11F3INO. The van der Waals surface area contributed by atoms with Gasteiger partial charge in [0, 0.05) is 9.61 Å². The van der Waals surface area contributed by atoms with Crippen molar-refractivity contribution in [3.8, 4) is 0 Å². The van der Waals surface area contributed by atoms with Crippen molar-refractivity contribution in [2.75, 3.05) is 0 Å². The number of rotatable bonds is 2. The number of hydrogen-bond acceptors (Lipinski definition) is 1. The molecule has 1 aromatic rings. The number of carbonyl (C=O) groups excluding carboxylic acids is 1. The van der Waals surface area contributed by atoms with Gasteiger partial charge in [-0.05, 0) is 60.1 Å². The van der Waals surface area contributed by atoms with E-state index in [1.54, 1.807) is 22.6 Å². The highest BCUT2D eigenvalue weighted by Crippen LogP contribution is 2.33. The molecule has 18 heavy (non-hydrogen) atoms. The molecule has 1 aliphatic carbocycles. The first kappa shape index (κ1) is 13.6. The molecule has 0 heterocycles. The van der Waals surface area contributed by atoms with Gasteiger partial charge in [-0.3, -0.25) is 4.79 Å². The zero-order valence-electron chi connectivity index (χ0n) is 9.35. The van der Waals surface area contributed by atoms with Crippen LogP contribution in [0, 0.1) is 3.57 Å². The molecule has 0 unspecified atom stereocenters. The molecular weight excluding hydrogens is 358 g/mol. The van der Waals surface area contributed by atoms with E-state index in [9.17, 15) is 18.0 Å². The summed E-state index contributed by atoms with van der Waals surface area (Å²) in [6, 6.07) is 3.76. The Bertz CT molecular complexity index is 469. The molecule has 0 atom stereocenters. The fourth-order valence-electron chi connectivity index (χ4n) is 1.76. The van der Waals surface area contributed by atoms with Gasteiger partial charge < -0.3 is 5.32 Å². The highest BCUT2D eigenvalue weighted by atomic mass is 127. The Hall–Kier alpha value is -0.790. The number of carbonyl (C=O) groups is 1. The summed E-state index contributed by atoms with van der Waals surface area (Å²) < 4.78 is 39.0. The summed E-state index contributed by atoms with van der Waals surface area (Å²) in [5.41, 5.74) is -1.17. The third-order valence-corrected chi connectivity index (χ3v) is 3.64. The van der Waals surface area contributed by atoms with Crippen LogP contribution in [0.2, 0.25) is 0 Å². The molecule has 6 heteroatoms. The van der Waals surface area contributed by atoms with Crippen molar-refractivity contribution in [1.82, 2.24) is 5.32 Å². The monoisotopic (exact) mass is 369 g/mol. The summed E-state index contributed by atoms with van der Waals surface area (Å²) in [4.78, 5) is 11.8. The highest BCUT2D eigenvalue weighted by molar-refractivity contribution is 14.1. The molecule has 0 aromatic heterocycles. The zero-order chi connectivity index (χ0) is 13.3.